The molecular weight excluding hydrogens is 434 g/mol. The van der Waals surface area contributed by atoms with E-state index < -0.39 is 10.0 Å². The largest absolute Gasteiger partial charge is 0.322 e. The zero-order valence-corrected chi connectivity index (χ0v) is 17.9. The van der Waals surface area contributed by atoms with Crippen LogP contribution in [0.2, 0.25) is 0 Å². The predicted molar refractivity (Wildman–Crippen MR) is 119 cm³/mol. The van der Waals surface area contributed by atoms with Crippen LogP contribution in [-0.2, 0) is 16.4 Å². The Morgan fingerprint density at radius 1 is 1.03 bits per heavy atom. The molecule has 31 heavy (non-hydrogen) atoms. The van der Waals surface area contributed by atoms with Crippen LogP contribution < -0.4 is 10.0 Å². The van der Waals surface area contributed by atoms with E-state index in [1.54, 1.807) is 34.5 Å². The Hall–Kier alpha value is -3.34. The first kappa shape index (κ1) is 20.9. The van der Waals surface area contributed by atoms with Gasteiger partial charge in [0.2, 0.25) is 10.0 Å². The molecule has 4 rings (SSSR count). The van der Waals surface area contributed by atoms with Gasteiger partial charge in [-0.05, 0) is 66.4 Å². The molecule has 0 fully saturated rings. The van der Waals surface area contributed by atoms with E-state index in [1.807, 2.05) is 29.6 Å². The molecule has 2 heterocycles. The van der Waals surface area contributed by atoms with Crippen molar-refractivity contribution in [3.8, 4) is 5.69 Å². The smallest absolute Gasteiger partial charge is 0.255 e. The highest BCUT2D eigenvalue weighted by molar-refractivity contribution is 7.89. The first-order chi connectivity index (χ1) is 15.0. The molecule has 0 aliphatic carbocycles. The van der Waals surface area contributed by atoms with Gasteiger partial charge in [-0.15, -0.1) is 11.3 Å². The van der Waals surface area contributed by atoms with E-state index >= 15 is 0 Å². The molecule has 2 N–H and O–H groups in total. The van der Waals surface area contributed by atoms with E-state index in [0.29, 0.717) is 24.2 Å². The van der Waals surface area contributed by atoms with Crippen molar-refractivity contribution in [1.82, 2.24) is 19.5 Å². The van der Waals surface area contributed by atoms with Gasteiger partial charge in [0.15, 0.2) is 0 Å². The summed E-state index contributed by atoms with van der Waals surface area (Å²) in [4.78, 5) is 17.6. The number of thiophene rings is 1. The van der Waals surface area contributed by atoms with Gasteiger partial charge in [0.1, 0.15) is 12.7 Å². The van der Waals surface area contributed by atoms with E-state index in [9.17, 15) is 13.2 Å². The number of sulfonamides is 1. The lowest BCUT2D eigenvalue weighted by atomic mass is 10.2. The molecule has 2 aromatic carbocycles. The van der Waals surface area contributed by atoms with E-state index in [0.717, 1.165) is 10.6 Å². The first-order valence-corrected chi connectivity index (χ1v) is 11.8. The molecular formula is C21H19N5O3S2. The maximum Gasteiger partial charge on any atom is 0.255 e. The quantitative estimate of drug-likeness (QED) is 0.426. The topological polar surface area (TPSA) is 106 Å². The number of hydrogen-bond donors (Lipinski definition) is 2. The third kappa shape index (κ3) is 5.23. The van der Waals surface area contributed by atoms with Crippen molar-refractivity contribution in [2.24, 2.45) is 0 Å². The molecule has 0 atom stereocenters. The minimum absolute atomic E-state index is 0.118. The molecule has 158 valence electrons. The molecule has 0 spiro atoms. The Kier molecular flexibility index (Phi) is 6.21. The highest BCUT2D eigenvalue weighted by atomic mass is 32.2. The summed E-state index contributed by atoms with van der Waals surface area (Å²) in [6.45, 7) is 0.315. The number of hydrogen-bond acceptors (Lipinski definition) is 6. The standard InChI is InChI=1S/C21H19N5O3S2/c27-21(25-17-5-7-18(8-6-17)26-15-22-14-23-26)16-3-9-20(10-4-16)31(28,29)24-12-11-19-2-1-13-30-19/h1-10,13-15,24H,11-12H2,(H,25,27). The fourth-order valence-electron chi connectivity index (χ4n) is 2.87. The lowest BCUT2D eigenvalue weighted by Gasteiger charge is -2.09. The number of nitrogens with one attached hydrogen (secondary N) is 2. The average Bonchev–Trinajstić information content (AvgIpc) is 3.49. The fraction of sp³-hybridized carbons (Fsp3) is 0.0952. The average molecular weight is 454 g/mol. The monoisotopic (exact) mass is 453 g/mol. The minimum atomic E-state index is -3.63. The molecule has 0 unspecified atom stereocenters. The number of benzene rings is 2. The summed E-state index contributed by atoms with van der Waals surface area (Å²) >= 11 is 1.59. The summed E-state index contributed by atoms with van der Waals surface area (Å²) in [5.41, 5.74) is 1.79. The summed E-state index contributed by atoms with van der Waals surface area (Å²) in [5.74, 6) is -0.330. The summed E-state index contributed by atoms with van der Waals surface area (Å²) in [5, 5.41) is 8.80. The number of nitrogens with zero attached hydrogens (tertiary/aromatic N) is 3. The van der Waals surface area contributed by atoms with Crippen molar-refractivity contribution < 1.29 is 13.2 Å². The number of aromatic nitrogens is 3. The number of anilines is 1. The molecule has 0 radical (unpaired) electrons. The first-order valence-electron chi connectivity index (χ1n) is 9.40. The Morgan fingerprint density at radius 2 is 1.81 bits per heavy atom. The van der Waals surface area contributed by atoms with Gasteiger partial charge in [-0.3, -0.25) is 4.79 Å². The van der Waals surface area contributed by atoms with Crippen LogP contribution in [0.25, 0.3) is 5.69 Å². The summed E-state index contributed by atoms with van der Waals surface area (Å²) < 4.78 is 29.1. The number of carbonyl (C=O) groups is 1. The second-order valence-corrected chi connectivity index (χ2v) is 9.39. The molecule has 2 aromatic heterocycles. The fourth-order valence-corrected chi connectivity index (χ4v) is 4.62. The molecule has 0 bridgehead atoms. The second kappa shape index (κ2) is 9.21. The Balaban J connectivity index is 1.36. The van der Waals surface area contributed by atoms with Gasteiger partial charge >= 0.3 is 0 Å². The van der Waals surface area contributed by atoms with Crippen LogP contribution >= 0.6 is 11.3 Å². The molecule has 10 heteroatoms. The highest BCUT2D eigenvalue weighted by Crippen LogP contribution is 2.16. The van der Waals surface area contributed by atoms with E-state index in [2.05, 4.69) is 20.1 Å². The number of rotatable bonds is 8. The molecule has 1 amide bonds. The van der Waals surface area contributed by atoms with Crippen molar-refractivity contribution in [1.29, 1.82) is 0 Å². The predicted octanol–water partition coefficient (Wildman–Crippen LogP) is 3.10. The summed E-state index contributed by atoms with van der Waals surface area (Å²) in [7, 11) is -3.63. The zero-order chi connectivity index (χ0) is 21.7. The maximum absolute atomic E-state index is 12.5. The SMILES string of the molecule is O=C(Nc1ccc(-n2cncn2)cc1)c1ccc(S(=O)(=O)NCCc2cccs2)cc1. The van der Waals surface area contributed by atoms with Crippen LogP contribution in [0.15, 0.2) is 83.6 Å². The summed E-state index contributed by atoms with van der Waals surface area (Å²) in [6, 6.07) is 16.9. The Morgan fingerprint density at radius 3 is 2.45 bits per heavy atom. The van der Waals surface area contributed by atoms with Crippen LogP contribution in [0.3, 0.4) is 0 Å². The van der Waals surface area contributed by atoms with Gasteiger partial charge < -0.3 is 5.32 Å². The highest BCUT2D eigenvalue weighted by Gasteiger charge is 2.15. The number of carbonyl (C=O) groups excluding carboxylic acids is 1. The lowest BCUT2D eigenvalue weighted by molar-refractivity contribution is 0.102. The van der Waals surface area contributed by atoms with Gasteiger partial charge in [-0.1, -0.05) is 6.07 Å². The third-order valence-electron chi connectivity index (χ3n) is 4.48. The van der Waals surface area contributed by atoms with Crippen molar-refractivity contribution in [3.05, 3.63) is 89.1 Å². The minimum Gasteiger partial charge on any atom is -0.322 e. The van der Waals surface area contributed by atoms with Crippen molar-refractivity contribution >= 4 is 33.0 Å². The van der Waals surface area contributed by atoms with Crippen LogP contribution in [0.5, 0.6) is 0 Å². The van der Waals surface area contributed by atoms with E-state index in [4.69, 9.17) is 0 Å². The van der Waals surface area contributed by atoms with Crippen LogP contribution in [0, 0.1) is 0 Å². The van der Waals surface area contributed by atoms with Gasteiger partial charge in [-0.2, -0.15) is 5.10 Å². The van der Waals surface area contributed by atoms with Crippen molar-refractivity contribution in [2.45, 2.75) is 11.3 Å². The lowest BCUT2D eigenvalue weighted by Crippen LogP contribution is -2.26. The third-order valence-corrected chi connectivity index (χ3v) is 6.89. The van der Waals surface area contributed by atoms with Gasteiger partial charge in [-0.25, -0.2) is 22.8 Å². The molecule has 0 aliphatic heterocycles. The van der Waals surface area contributed by atoms with Gasteiger partial charge in [0.05, 0.1) is 10.6 Å². The molecule has 4 aromatic rings. The van der Waals surface area contributed by atoms with Crippen LogP contribution in [0.1, 0.15) is 15.2 Å². The molecule has 8 nitrogen and oxygen atoms in total. The maximum atomic E-state index is 12.5. The zero-order valence-electron chi connectivity index (χ0n) is 16.3. The van der Waals surface area contributed by atoms with Crippen LogP contribution in [0.4, 0.5) is 5.69 Å². The molecule has 0 saturated heterocycles. The van der Waals surface area contributed by atoms with Crippen molar-refractivity contribution in [2.75, 3.05) is 11.9 Å². The van der Waals surface area contributed by atoms with Crippen LogP contribution in [-0.4, -0.2) is 35.6 Å². The van der Waals surface area contributed by atoms with Crippen molar-refractivity contribution in [3.63, 3.8) is 0 Å². The second-order valence-electron chi connectivity index (χ2n) is 6.59. The molecule has 0 aliphatic rings. The normalized spacial score (nSPS) is 11.4. The Labute approximate surface area is 183 Å². The van der Waals surface area contributed by atoms with Gasteiger partial charge in [0, 0.05) is 22.7 Å². The summed E-state index contributed by atoms with van der Waals surface area (Å²) in [6.07, 6.45) is 3.66. The van der Waals surface area contributed by atoms with Gasteiger partial charge in [0.25, 0.3) is 5.91 Å². The number of amides is 1. The van der Waals surface area contributed by atoms with E-state index in [1.165, 1.54) is 30.6 Å². The Bertz CT molecular complexity index is 1240. The molecule has 0 saturated carbocycles. The van der Waals surface area contributed by atoms with E-state index in [-0.39, 0.29) is 10.8 Å².